The first kappa shape index (κ1) is 19.2. The zero-order valence-corrected chi connectivity index (χ0v) is 16.9. The molecular formula is C25H25NO3. The van der Waals surface area contributed by atoms with Crippen molar-refractivity contribution < 1.29 is 15.0 Å². The summed E-state index contributed by atoms with van der Waals surface area (Å²) in [5.74, 6) is -0.411. The van der Waals surface area contributed by atoms with Crippen LogP contribution < -0.4 is 0 Å². The van der Waals surface area contributed by atoms with Crippen LogP contribution in [0.4, 0.5) is 0 Å². The van der Waals surface area contributed by atoms with E-state index in [9.17, 15) is 15.0 Å². The number of fused-ring (bicyclic) bond motifs is 2. The second kappa shape index (κ2) is 7.03. The van der Waals surface area contributed by atoms with Gasteiger partial charge < -0.3 is 10.2 Å². The van der Waals surface area contributed by atoms with Crippen molar-refractivity contribution in [1.82, 2.24) is 4.98 Å². The number of carbonyl (C=O) groups is 1. The Morgan fingerprint density at radius 3 is 2.55 bits per heavy atom. The molecule has 1 unspecified atom stereocenters. The summed E-state index contributed by atoms with van der Waals surface area (Å²) in [6.07, 6.45) is 3.54. The Morgan fingerprint density at radius 2 is 1.86 bits per heavy atom. The van der Waals surface area contributed by atoms with E-state index in [0.717, 1.165) is 28.8 Å². The topological polar surface area (TPSA) is 70.4 Å². The van der Waals surface area contributed by atoms with Gasteiger partial charge in [0.15, 0.2) is 0 Å². The molecule has 2 aromatic carbocycles. The van der Waals surface area contributed by atoms with Crippen molar-refractivity contribution >= 4 is 28.5 Å². The van der Waals surface area contributed by atoms with Crippen LogP contribution >= 0.6 is 0 Å². The lowest BCUT2D eigenvalue weighted by Crippen LogP contribution is -2.28. The first-order valence-corrected chi connectivity index (χ1v) is 9.89. The fraction of sp³-hybridized carbons (Fsp3) is 0.280. The number of benzene rings is 2. The molecule has 3 aromatic rings. The molecule has 4 rings (SSSR count). The van der Waals surface area contributed by atoms with E-state index in [0.29, 0.717) is 28.8 Å². The highest BCUT2D eigenvalue weighted by Crippen LogP contribution is 2.44. The zero-order chi connectivity index (χ0) is 20.8. The monoisotopic (exact) mass is 387 g/mol. The summed E-state index contributed by atoms with van der Waals surface area (Å²) in [4.78, 5) is 17.2. The van der Waals surface area contributed by atoms with E-state index in [1.165, 1.54) is 0 Å². The SMILES string of the molecule is CC(C)(C)C1C/C(=C/c2cccc(O)c2)c2nc3ccccc3c(C(=O)O)c2C1. The minimum atomic E-state index is -0.911. The minimum absolute atomic E-state index is 0.0248. The molecule has 2 N–H and O–H groups in total. The lowest BCUT2D eigenvalue weighted by molar-refractivity contribution is 0.0696. The molecule has 1 aromatic heterocycles. The first-order chi connectivity index (χ1) is 13.7. The summed E-state index contributed by atoms with van der Waals surface area (Å²) in [7, 11) is 0. The van der Waals surface area contributed by atoms with E-state index in [1.54, 1.807) is 12.1 Å². The molecule has 0 saturated heterocycles. The third-order valence-corrected chi connectivity index (χ3v) is 5.86. The van der Waals surface area contributed by atoms with Crippen molar-refractivity contribution in [2.45, 2.75) is 33.6 Å². The minimum Gasteiger partial charge on any atom is -0.508 e. The molecule has 0 radical (unpaired) electrons. The molecule has 0 saturated carbocycles. The molecule has 1 atom stereocenters. The normalized spacial score (nSPS) is 18.0. The molecule has 4 nitrogen and oxygen atoms in total. The van der Waals surface area contributed by atoms with Crippen LogP contribution in [0.2, 0.25) is 0 Å². The zero-order valence-electron chi connectivity index (χ0n) is 16.9. The number of rotatable bonds is 2. The largest absolute Gasteiger partial charge is 0.508 e. The Morgan fingerprint density at radius 1 is 1.10 bits per heavy atom. The van der Waals surface area contributed by atoms with E-state index in [-0.39, 0.29) is 11.2 Å². The van der Waals surface area contributed by atoms with Crippen molar-refractivity contribution in [3.05, 3.63) is 70.9 Å². The Bertz CT molecular complexity index is 1140. The number of phenols is 1. The summed E-state index contributed by atoms with van der Waals surface area (Å²) in [6, 6.07) is 14.5. The highest BCUT2D eigenvalue weighted by molar-refractivity contribution is 6.06. The molecule has 0 fully saturated rings. The maximum atomic E-state index is 12.3. The fourth-order valence-corrected chi connectivity index (χ4v) is 4.20. The average Bonchev–Trinajstić information content (AvgIpc) is 2.65. The number of aromatic hydroxyl groups is 1. The number of hydrogen-bond donors (Lipinski definition) is 2. The van der Waals surface area contributed by atoms with Crippen LogP contribution in [0.5, 0.6) is 5.75 Å². The number of phenolic OH excluding ortho intramolecular Hbond substituents is 1. The lowest BCUT2D eigenvalue weighted by Gasteiger charge is -2.36. The van der Waals surface area contributed by atoms with Gasteiger partial charge in [-0.2, -0.15) is 0 Å². The molecule has 29 heavy (non-hydrogen) atoms. The van der Waals surface area contributed by atoms with Gasteiger partial charge in [-0.3, -0.25) is 0 Å². The highest BCUT2D eigenvalue weighted by Gasteiger charge is 2.35. The highest BCUT2D eigenvalue weighted by atomic mass is 16.4. The van der Waals surface area contributed by atoms with Crippen LogP contribution in [0.25, 0.3) is 22.6 Å². The molecule has 0 spiro atoms. The maximum absolute atomic E-state index is 12.3. The standard InChI is InChI=1S/C25H25NO3/c1-25(2,3)17-13-16(11-15-7-6-8-18(27)12-15)23-20(14-17)22(24(28)29)19-9-4-5-10-21(19)26-23/h4-12,17,27H,13-14H2,1-3H3,(H,28,29)/b16-11-. The number of aromatic nitrogens is 1. The number of pyridine rings is 1. The Balaban J connectivity index is 2.00. The number of aromatic carboxylic acids is 1. The van der Waals surface area contributed by atoms with E-state index in [2.05, 4.69) is 20.8 Å². The van der Waals surface area contributed by atoms with Crippen molar-refractivity contribution in [2.75, 3.05) is 0 Å². The number of carboxylic acid groups (broad SMARTS) is 1. The first-order valence-electron chi connectivity index (χ1n) is 9.89. The quantitative estimate of drug-likeness (QED) is 0.584. The number of para-hydroxylation sites is 1. The predicted octanol–water partition coefficient (Wildman–Crippen LogP) is 5.79. The van der Waals surface area contributed by atoms with Gasteiger partial charge in [0, 0.05) is 5.39 Å². The molecule has 4 heteroatoms. The van der Waals surface area contributed by atoms with Crippen LogP contribution in [0, 0.1) is 11.3 Å². The van der Waals surface area contributed by atoms with Gasteiger partial charge in [0.1, 0.15) is 5.75 Å². The second-order valence-electron chi connectivity index (χ2n) is 8.87. The Hall–Kier alpha value is -3.14. The number of allylic oxidation sites excluding steroid dienone is 1. The number of hydrogen-bond acceptors (Lipinski definition) is 3. The molecular weight excluding hydrogens is 362 g/mol. The number of nitrogens with zero attached hydrogens (tertiary/aromatic N) is 1. The summed E-state index contributed by atoms with van der Waals surface area (Å²) < 4.78 is 0. The van der Waals surface area contributed by atoms with Gasteiger partial charge in [0.25, 0.3) is 0 Å². The van der Waals surface area contributed by atoms with Crippen LogP contribution in [0.3, 0.4) is 0 Å². The van der Waals surface area contributed by atoms with Crippen molar-refractivity contribution in [1.29, 1.82) is 0 Å². The third kappa shape index (κ3) is 3.63. The Labute approximate surface area is 170 Å². The molecule has 1 heterocycles. The number of carboxylic acids is 1. The van der Waals surface area contributed by atoms with Crippen molar-refractivity contribution in [2.24, 2.45) is 11.3 Å². The van der Waals surface area contributed by atoms with Gasteiger partial charge in [-0.05, 0) is 65.1 Å². The van der Waals surface area contributed by atoms with Gasteiger partial charge in [-0.15, -0.1) is 0 Å². The van der Waals surface area contributed by atoms with E-state index < -0.39 is 5.97 Å². The van der Waals surface area contributed by atoms with E-state index in [4.69, 9.17) is 4.98 Å². The van der Waals surface area contributed by atoms with Gasteiger partial charge >= 0.3 is 5.97 Å². The molecule has 148 valence electrons. The van der Waals surface area contributed by atoms with Crippen LogP contribution in [-0.4, -0.2) is 21.2 Å². The molecule has 0 bridgehead atoms. The van der Waals surface area contributed by atoms with Crippen molar-refractivity contribution in [3.8, 4) is 5.75 Å². The van der Waals surface area contributed by atoms with Gasteiger partial charge in [0.05, 0.1) is 16.8 Å². The Kier molecular flexibility index (Phi) is 4.65. The van der Waals surface area contributed by atoms with Gasteiger partial charge in [0.2, 0.25) is 0 Å². The van der Waals surface area contributed by atoms with Crippen LogP contribution in [0.15, 0.2) is 48.5 Å². The van der Waals surface area contributed by atoms with E-state index in [1.807, 2.05) is 42.5 Å². The molecule has 1 aliphatic carbocycles. The third-order valence-electron chi connectivity index (χ3n) is 5.86. The predicted molar refractivity (Wildman–Crippen MR) is 116 cm³/mol. The summed E-state index contributed by atoms with van der Waals surface area (Å²) in [5, 5.41) is 20.6. The van der Waals surface area contributed by atoms with Crippen molar-refractivity contribution in [3.63, 3.8) is 0 Å². The van der Waals surface area contributed by atoms with Gasteiger partial charge in [-0.1, -0.05) is 51.1 Å². The summed E-state index contributed by atoms with van der Waals surface area (Å²) in [5.41, 5.74) is 4.56. The molecule has 0 aliphatic heterocycles. The second-order valence-corrected chi connectivity index (χ2v) is 8.87. The van der Waals surface area contributed by atoms with Crippen LogP contribution in [0.1, 0.15) is 54.4 Å². The molecule has 1 aliphatic rings. The summed E-state index contributed by atoms with van der Waals surface area (Å²) in [6.45, 7) is 6.59. The lowest BCUT2D eigenvalue weighted by atomic mass is 9.69. The maximum Gasteiger partial charge on any atom is 0.336 e. The smallest absolute Gasteiger partial charge is 0.336 e. The molecule has 0 amide bonds. The van der Waals surface area contributed by atoms with Crippen LogP contribution in [-0.2, 0) is 6.42 Å². The van der Waals surface area contributed by atoms with Gasteiger partial charge in [-0.25, -0.2) is 9.78 Å². The fourth-order valence-electron chi connectivity index (χ4n) is 4.20. The summed E-state index contributed by atoms with van der Waals surface area (Å²) >= 11 is 0. The average molecular weight is 387 g/mol. The van der Waals surface area contributed by atoms with E-state index >= 15 is 0 Å².